The molecule has 0 aliphatic carbocycles. The van der Waals surface area contributed by atoms with E-state index < -0.39 is 0 Å². The highest BCUT2D eigenvalue weighted by Crippen LogP contribution is 2.25. The zero-order valence-corrected chi connectivity index (χ0v) is 10.7. The molecule has 0 spiro atoms. The molecule has 4 heteroatoms. The average molecular weight is 240 g/mol. The molecule has 0 fully saturated rings. The molecular weight excluding hydrogens is 219 g/mol. The Kier molecular flexibility index (Phi) is 5.38. The van der Waals surface area contributed by atoms with Gasteiger partial charge in [0.05, 0.1) is 12.3 Å². The molecule has 0 aliphatic heterocycles. The summed E-state index contributed by atoms with van der Waals surface area (Å²) < 4.78 is 19.0. The average Bonchev–Trinajstić information content (AvgIpc) is 2.29. The zero-order chi connectivity index (χ0) is 12.8. The van der Waals surface area contributed by atoms with E-state index in [0.29, 0.717) is 25.3 Å². The van der Waals surface area contributed by atoms with Crippen LogP contribution in [-0.2, 0) is 11.2 Å². The van der Waals surface area contributed by atoms with Gasteiger partial charge in [-0.25, -0.2) is 4.39 Å². The lowest BCUT2D eigenvalue weighted by molar-refractivity contribution is 0.183. The van der Waals surface area contributed by atoms with E-state index in [0.717, 1.165) is 5.56 Å². The van der Waals surface area contributed by atoms with E-state index in [1.165, 1.54) is 6.07 Å². The highest BCUT2D eigenvalue weighted by atomic mass is 19.1. The molecule has 0 heterocycles. The maximum Gasteiger partial charge on any atom is 0.146 e. The van der Waals surface area contributed by atoms with E-state index in [4.69, 9.17) is 10.5 Å². The summed E-state index contributed by atoms with van der Waals surface area (Å²) in [5.74, 6) is -0.207. The van der Waals surface area contributed by atoms with Crippen molar-refractivity contribution >= 4 is 5.69 Å². The van der Waals surface area contributed by atoms with Crippen LogP contribution in [0.4, 0.5) is 10.1 Å². The summed E-state index contributed by atoms with van der Waals surface area (Å²) in [5.41, 5.74) is 7.12. The van der Waals surface area contributed by atoms with E-state index >= 15 is 0 Å². The van der Waals surface area contributed by atoms with Gasteiger partial charge in [-0.15, -0.1) is 0 Å². The minimum absolute atomic E-state index is 0.119. The number of halogens is 1. The molecular formula is C13H21FN2O. The number of nitrogens with zero attached hydrogens (tertiary/aromatic N) is 1. The molecule has 1 rings (SSSR count). The lowest BCUT2D eigenvalue weighted by Crippen LogP contribution is -2.34. The van der Waals surface area contributed by atoms with E-state index in [1.807, 2.05) is 24.9 Å². The predicted molar refractivity (Wildman–Crippen MR) is 68.9 cm³/mol. The van der Waals surface area contributed by atoms with Gasteiger partial charge in [-0.1, -0.05) is 12.1 Å². The molecule has 0 aliphatic rings. The van der Waals surface area contributed by atoms with Gasteiger partial charge >= 0.3 is 0 Å². The van der Waals surface area contributed by atoms with Crippen LogP contribution in [0.3, 0.4) is 0 Å². The van der Waals surface area contributed by atoms with Crippen LogP contribution in [0.15, 0.2) is 18.2 Å². The van der Waals surface area contributed by atoms with Crippen molar-refractivity contribution in [3.05, 3.63) is 29.6 Å². The molecule has 0 radical (unpaired) electrons. The van der Waals surface area contributed by atoms with Crippen LogP contribution < -0.4 is 10.6 Å². The van der Waals surface area contributed by atoms with Gasteiger partial charge in [0.15, 0.2) is 0 Å². The molecule has 1 atom stereocenters. The van der Waals surface area contributed by atoms with Gasteiger partial charge in [0, 0.05) is 20.2 Å². The van der Waals surface area contributed by atoms with Crippen LogP contribution in [0.1, 0.15) is 12.5 Å². The SMILES string of the molecule is COCC(C)N(C)c1c(F)cccc1CCN. The molecule has 1 unspecified atom stereocenters. The van der Waals surface area contributed by atoms with Gasteiger partial charge in [0.2, 0.25) is 0 Å². The van der Waals surface area contributed by atoms with Crippen LogP contribution in [0.5, 0.6) is 0 Å². The Hall–Kier alpha value is -1.13. The van der Waals surface area contributed by atoms with Crippen molar-refractivity contribution in [1.29, 1.82) is 0 Å². The molecule has 1 aromatic rings. The van der Waals surface area contributed by atoms with E-state index in [2.05, 4.69) is 0 Å². The summed E-state index contributed by atoms with van der Waals surface area (Å²) in [5, 5.41) is 0. The van der Waals surface area contributed by atoms with Gasteiger partial charge < -0.3 is 15.4 Å². The van der Waals surface area contributed by atoms with Gasteiger partial charge in [0.1, 0.15) is 5.82 Å². The third-order valence-electron chi connectivity index (χ3n) is 2.91. The Labute approximate surface area is 102 Å². The molecule has 17 heavy (non-hydrogen) atoms. The number of methoxy groups -OCH3 is 1. The highest BCUT2D eigenvalue weighted by molar-refractivity contribution is 5.55. The first-order chi connectivity index (χ1) is 8.11. The predicted octanol–water partition coefficient (Wildman–Crippen LogP) is 1.80. The Morgan fingerprint density at radius 2 is 2.18 bits per heavy atom. The van der Waals surface area contributed by atoms with Gasteiger partial charge in [0.25, 0.3) is 0 Å². The normalized spacial score (nSPS) is 12.5. The first-order valence-corrected chi connectivity index (χ1v) is 5.81. The lowest BCUT2D eigenvalue weighted by Gasteiger charge is -2.28. The third-order valence-corrected chi connectivity index (χ3v) is 2.91. The highest BCUT2D eigenvalue weighted by Gasteiger charge is 2.17. The fourth-order valence-electron chi connectivity index (χ4n) is 1.89. The quantitative estimate of drug-likeness (QED) is 0.824. The van der Waals surface area contributed by atoms with Crippen molar-refractivity contribution in [2.75, 3.05) is 32.2 Å². The largest absolute Gasteiger partial charge is 0.383 e. The Bertz CT molecular complexity index is 357. The van der Waals surface area contributed by atoms with Crippen LogP contribution in [0.2, 0.25) is 0 Å². The molecule has 0 bridgehead atoms. The second-order valence-corrected chi connectivity index (χ2v) is 4.20. The maximum absolute atomic E-state index is 13.9. The first-order valence-electron chi connectivity index (χ1n) is 5.81. The molecule has 3 nitrogen and oxygen atoms in total. The number of hydrogen-bond acceptors (Lipinski definition) is 3. The molecule has 96 valence electrons. The van der Waals surface area contributed by atoms with Crippen LogP contribution in [0, 0.1) is 5.82 Å². The van der Waals surface area contributed by atoms with Crippen molar-refractivity contribution in [2.45, 2.75) is 19.4 Å². The standard InChI is InChI=1S/C13H21FN2O/c1-10(9-17-3)16(2)13-11(7-8-15)5-4-6-12(13)14/h4-6,10H,7-9,15H2,1-3H3. The molecule has 0 aromatic heterocycles. The zero-order valence-electron chi connectivity index (χ0n) is 10.7. The number of ether oxygens (including phenoxy) is 1. The number of anilines is 1. The Balaban J connectivity index is 3.01. The maximum atomic E-state index is 13.9. The van der Waals surface area contributed by atoms with Crippen molar-refractivity contribution < 1.29 is 9.13 Å². The first kappa shape index (κ1) is 13.9. The monoisotopic (exact) mass is 240 g/mol. The van der Waals surface area contributed by atoms with Crippen LogP contribution in [0.25, 0.3) is 0 Å². The van der Waals surface area contributed by atoms with E-state index in [-0.39, 0.29) is 11.9 Å². The fourth-order valence-corrected chi connectivity index (χ4v) is 1.89. The topological polar surface area (TPSA) is 38.5 Å². The van der Waals surface area contributed by atoms with Gasteiger partial charge in [-0.05, 0) is 31.5 Å². The second kappa shape index (κ2) is 6.57. The smallest absolute Gasteiger partial charge is 0.146 e. The number of para-hydroxylation sites is 1. The summed E-state index contributed by atoms with van der Waals surface area (Å²) in [6.07, 6.45) is 0.678. The summed E-state index contributed by atoms with van der Waals surface area (Å²) in [6, 6.07) is 5.24. The number of nitrogens with two attached hydrogens (primary N) is 1. The number of benzene rings is 1. The Morgan fingerprint density at radius 1 is 1.47 bits per heavy atom. The van der Waals surface area contributed by atoms with Crippen molar-refractivity contribution in [3.63, 3.8) is 0 Å². The summed E-state index contributed by atoms with van der Waals surface area (Å²) in [6.45, 7) is 3.08. The summed E-state index contributed by atoms with van der Waals surface area (Å²) in [4.78, 5) is 1.91. The number of rotatable bonds is 6. The van der Waals surface area contributed by atoms with E-state index in [1.54, 1.807) is 13.2 Å². The van der Waals surface area contributed by atoms with Crippen LogP contribution in [-0.4, -0.2) is 33.4 Å². The molecule has 0 saturated carbocycles. The van der Waals surface area contributed by atoms with Crippen molar-refractivity contribution in [1.82, 2.24) is 0 Å². The number of hydrogen-bond donors (Lipinski definition) is 1. The summed E-state index contributed by atoms with van der Waals surface area (Å²) >= 11 is 0. The fraction of sp³-hybridized carbons (Fsp3) is 0.538. The van der Waals surface area contributed by atoms with Crippen molar-refractivity contribution in [3.8, 4) is 0 Å². The molecule has 2 N–H and O–H groups in total. The van der Waals surface area contributed by atoms with Crippen LogP contribution >= 0.6 is 0 Å². The van der Waals surface area contributed by atoms with Gasteiger partial charge in [-0.3, -0.25) is 0 Å². The summed E-state index contributed by atoms with van der Waals surface area (Å²) in [7, 11) is 3.52. The molecule has 1 aromatic carbocycles. The van der Waals surface area contributed by atoms with Gasteiger partial charge in [-0.2, -0.15) is 0 Å². The van der Waals surface area contributed by atoms with E-state index in [9.17, 15) is 4.39 Å². The Morgan fingerprint density at radius 3 is 2.76 bits per heavy atom. The minimum Gasteiger partial charge on any atom is -0.383 e. The molecule has 0 saturated heterocycles. The second-order valence-electron chi connectivity index (χ2n) is 4.20. The van der Waals surface area contributed by atoms with Crippen molar-refractivity contribution in [2.24, 2.45) is 5.73 Å². The minimum atomic E-state index is -0.207. The lowest BCUT2D eigenvalue weighted by atomic mass is 10.1. The number of likely N-dealkylation sites (N-methyl/N-ethyl adjacent to an activating group) is 1. The molecule has 0 amide bonds. The third kappa shape index (κ3) is 3.41.